The van der Waals surface area contributed by atoms with Crippen LogP contribution < -0.4 is 11.1 Å². The minimum absolute atomic E-state index is 0.170. The molecule has 0 spiro atoms. The maximum absolute atomic E-state index is 11.7. The number of hydrogen-bond acceptors (Lipinski definition) is 4. The number of nitrogens with zero attached hydrogens (tertiary/aromatic N) is 2. The molecule has 0 aliphatic carbocycles. The van der Waals surface area contributed by atoms with Gasteiger partial charge >= 0.3 is 0 Å². The van der Waals surface area contributed by atoms with Gasteiger partial charge < -0.3 is 11.1 Å². The standard InChI is InChI=1S/C12H12N4O/c13-11-3-1-9(2-4-11)7-14-12(17)10-5-6-15-16-8-10/h1-6,8H,7,13H2,(H,14,17). The van der Waals surface area contributed by atoms with E-state index in [1.54, 1.807) is 18.2 Å². The molecule has 0 radical (unpaired) electrons. The summed E-state index contributed by atoms with van der Waals surface area (Å²) in [7, 11) is 0. The number of rotatable bonds is 3. The summed E-state index contributed by atoms with van der Waals surface area (Å²) in [5.74, 6) is -0.170. The summed E-state index contributed by atoms with van der Waals surface area (Å²) in [5.41, 5.74) is 7.77. The van der Waals surface area contributed by atoms with Crippen LogP contribution in [0.5, 0.6) is 0 Å². The summed E-state index contributed by atoms with van der Waals surface area (Å²) < 4.78 is 0. The number of hydrogen-bond donors (Lipinski definition) is 2. The van der Waals surface area contributed by atoms with Crippen molar-refractivity contribution in [1.82, 2.24) is 15.5 Å². The van der Waals surface area contributed by atoms with Crippen molar-refractivity contribution < 1.29 is 4.79 Å². The van der Waals surface area contributed by atoms with Gasteiger partial charge in [0.05, 0.1) is 18.0 Å². The molecule has 1 heterocycles. The second-order valence-corrected chi connectivity index (χ2v) is 3.56. The Hall–Kier alpha value is -2.43. The van der Waals surface area contributed by atoms with Crippen molar-refractivity contribution >= 4 is 11.6 Å². The molecule has 1 aromatic heterocycles. The Balaban J connectivity index is 1.95. The molecule has 86 valence electrons. The number of nitrogens with two attached hydrogens (primary N) is 1. The van der Waals surface area contributed by atoms with Gasteiger partial charge in [-0.2, -0.15) is 10.2 Å². The summed E-state index contributed by atoms with van der Waals surface area (Å²) in [6.45, 7) is 0.460. The number of benzene rings is 1. The third-order valence-corrected chi connectivity index (χ3v) is 2.28. The van der Waals surface area contributed by atoms with Gasteiger partial charge in [0.1, 0.15) is 0 Å². The van der Waals surface area contributed by atoms with Crippen LogP contribution in [0.25, 0.3) is 0 Å². The number of carbonyl (C=O) groups excluding carboxylic acids is 1. The van der Waals surface area contributed by atoms with E-state index < -0.39 is 0 Å². The fraction of sp³-hybridized carbons (Fsp3) is 0.0833. The first-order chi connectivity index (χ1) is 8.25. The van der Waals surface area contributed by atoms with E-state index in [0.717, 1.165) is 5.56 Å². The van der Waals surface area contributed by atoms with Crippen LogP contribution in [-0.4, -0.2) is 16.1 Å². The topological polar surface area (TPSA) is 80.9 Å². The van der Waals surface area contributed by atoms with Gasteiger partial charge in [0, 0.05) is 12.2 Å². The Morgan fingerprint density at radius 2 is 1.94 bits per heavy atom. The molecule has 5 nitrogen and oxygen atoms in total. The first kappa shape index (κ1) is 11.1. The van der Waals surface area contributed by atoms with Crippen LogP contribution in [0.1, 0.15) is 15.9 Å². The number of carbonyl (C=O) groups is 1. The highest BCUT2D eigenvalue weighted by atomic mass is 16.1. The lowest BCUT2D eigenvalue weighted by molar-refractivity contribution is 0.0950. The van der Waals surface area contributed by atoms with Crippen molar-refractivity contribution in [3.05, 3.63) is 53.9 Å². The largest absolute Gasteiger partial charge is 0.399 e. The van der Waals surface area contributed by atoms with Crippen molar-refractivity contribution in [3.8, 4) is 0 Å². The second kappa shape index (κ2) is 5.07. The molecule has 0 atom stereocenters. The van der Waals surface area contributed by atoms with Crippen molar-refractivity contribution in [2.75, 3.05) is 5.73 Å². The van der Waals surface area contributed by atoms with E-state index in [-0.39, 0.29) is 5.91 Å². The molecule has 17 heavy (non-hydrogen) atoms. The van der Waals surface area contributed by atoms with Crippen molar-refractivity contribution in [1.29, 1.82) is 0 Å². The predicted octanol–water partition coefficient (Wildman–Crippen LogP) is 0.989. The summed E-state index contributed by atoms with van der Waals surface area (Å²) in [6, 6.07) is 8.97. The third-order valence-electron chi connectivity index (χ3n) is 2.28. The number of aromatic nitrogens is 2. The Kier molecular flexibility index (Phi) is 3.30. The van der Waals surface area contributed by atoms with E-state index >= 15 is 0 Å². The van der Waals surface area contributed by atoms with Crippen LogP contribution in [0.4, 0.5) is 5.69 Å². The molecule has 5 heteroatoms. The molecule has 0 saturated carbocycles. The van der Waals surface area contributed by atoms with Crippen LogP contribution in [-0.2, 0) is 6.54 Å². The Morgan fingerprint density at radius 3 is 2.59 bits per heavy atom. The van der Waals surface area contributed by atoms with Gasteiger partial charge in [0.15, 0.2) is 0 Å². The van der Waals surface area contributed by atoms with Gasteiger partial charge in [0.25, 0.3) is 5.91 Å². The van der Waals surface area contributed by atoms with E-state index in [0.29, 0.717) is 17.8 Å². The fourth-order valence-electron chi connectivity index (χ4n) is 1.34. The van der Waals surface area contributed by atoms with Gasteiger partial charge in [-0.3, -0.25) is 4.79 Å². The van der Waals surface area contributed by atoms with Crippen molar-refractivity contribution in [2.45, 2.75) is 6.54 Å². The summed E-state index contributed by atoms with van der Waals surface area (Å²) in [5, 5.41) is 10.0. The van der Waals surface area contributed by atoms with E-state index in [9.17, 15) is 4.79 Å². The molecular weight excluding hydrogens is 216 g/mol. The zero-order valence-corrected chi connectivity index (χ0v) is 9.13. The lowest BCUT2D eigenvalue weighted by Crippen LogP contribution is -2.22. The highest BCUT2D eigenvalue weighted by Gasteiger charge is 2.04. The van der Waals surface area contributed by atoms with E-state index in [4.69, 9.17) is 5.73 Å². The quantitative estimate of drug-likeness (QED) is 0.767. The summed E-state index contributed by atoms with van der Waals surface area (Å²) in [4.78, 5) is 11.7. The maximum Gasteiger partial charge on any atom is 0.253 e. The van der Waals surface area contributed by atoms with Crippen LogP contribution in [0.2, 0.25) is 0 Å². The number of anilines is 1. The Bertz CT molecular complexity index is 496. The van der Waals surface area contributed by atoms with Gasteiger partial charge in [-0.25, -0.2) is 0 Å². The third kappa shape index (κ3) is 3.01. The average molecular weight is 228 g/mol. The smallest absolute Gasteiger partial charge is 0.253 e. The van der Waals surface area contributed by atoms with E-state index in [1.807, 2.05) is 12.1 Å². The van der Waals surface area contributed by atoms with Crippen molar-refractivity contribution in [2.24, 2.45) is 0 Å². The molecule has 0 aliphatic rings. The van der Waals surface area contributed by atoms with Gasteiger partial charge in [0.2, 0.25) is 0 Å². The van der Waals surface area contributed by atoms with Gasteiger partial charge in [-0.1, -0.05) is 12.1 Å². The highest BCUT2D eigenvalue weighted by molar-refractivity contribution is 5.93. The molecule has 0 saturated heterocycles. The summed E-state index contributed by atoms with van der Waals surface area (Å²) >= 11 is 0. The SMILES string of the molecule is Nc1ccc(CNC(=O)c2ccnnc2)cc1. The van der Waals surface area contributed by atoms with E-state index in [1.165, 1.54) is 12.4 Å². The van der Waals surface area contributed by atoms with Crippen LogP contribution in [0.3, 0.4) is 0 Å². The minimum atomic E-state index is -0.170. The molecule has 1 aromatic carbocycles. The Labute approximate surface area is 98.7 Å². The zero-order valence-electron chi connectivity index (χ0n) is 9.13. The molecule has 0 aliphatic heterocycles. The predicted molar refractivity (Wildman–Crippen MR) is 64.1 cm³/mol. The molecule has 2 rings (SSSR count). The molecule has 0 fully saturated rings. The number of nitrogen functional groups attached to an aromatic ring is 1. The summed E-state index contributed by atoms with van der Waals surface area (Å²) in [6.07, 6.45) is 2.91. The minimum Gasteiger partial charge on any atom is -0.399 e. The maximum atomic E-state index is 11.7. The molecule has 0 unspecified atom stereocenters. The molecule has 3 N–H and O–H groups in total. The van der Waals surface area contributed by atoms with Crippen LogP contribution in [0, 0.1) is 0 Å². The Morgan fingerprint density at radius 1 is 1.18 bits per heavy atom. The first-order valence-corrected chi connectivity index (χ1v) is 5.15. The lowest BCUT2D eigenvalue weighted by atomic mass is 10.2. The second-order valence-electron chi connectivity index (χ2n) is 3.56. The fourth-order valence-corrected chi connectivity index (χ4v) is 1.34. The molecule has 1 amide bonds. The highest BCUT2D eigenvalue weighted by Crippen LogP contribution is 2.05. The average Bonchev–Trinajstić information content (AvgIpc) is 2.39. The van der Waals surface area contributed by atoms with Crippen LogP contribution >= 0.6 is 0 Å². The molecule has 0 bridgehead atoms. The zero-order chi connectivity index (χ0) is 12.1. The van der Waals surface area contributed by atoms with Gasteiger partial charge in [-0.05, 0) is 23.8 Å². The monoisotopic (exact) mass is 228 g/mol. The number of nitrogens with one attached hydrogen (secondary N) is 1. The van der Waals surface area contributed by atoms with Crippen LogP contribution in [0.15, 0.2) is 42.7 Å². The number of amides is 1. The molecule has 2 aromatic rings. The first-order valence-electron chi connectivity index (χ1n) is 5.15. The van der Waals surface area contributed by atoms with Crippen molar-refractivity contribution in [3.63, 3.8) is 0 Å². The molecular formula is C12H12N4O. The van der Waals surface area contributed by atoms with E-state index in [2.05, 4.69) is 15.5 Å². The van der Waals surface area contributed by atoms with Gasteiger partial charge in [-0.15, -0.1) is 0 Å². The lowest BCUT2D eigenvalue weighted by Gasteiger charge is -2.05. The normalized spacial score (nSPS) is 9.88.